The van der Waals surface area contributed by atoms with Crippen molar-refractivity contribution in [2.24, 2.45) is 4.99 Å². The van der Waals surface area contributed by atoms with E-state index in [2.05, 4.69) is 20.9 Å². The van der Waals surface area contributed by atoms with Crippen LogP contribution in [0.5, 0.6) is 0 Å². The molecule has 30 heavy (non-hydrogen) atoms. The van der Waals surface area contributed by atoms with Gasteiger partial charge in [-0.15, -0.1) is 0 Å². The van der Waals surface area contributed by atoms with Gasteiger partial charge in [0.05, 0.1) is 12.6 Å². The molecule has 1 atom stereocenters. The number of hydrogen-bond donors (Lipinski definition) is 3. The van der Waals surface area contributed by atoms with E-state index in [4.69, 9.17) is 4.74 Å². The number of amides is 2. The van der Waals surface area contributed by atoms with Crippen molar-refractivity contribution >= 4 is 29.1 Å². The summed E-state index contributed by atoms with van der Waals surface area (Å²) in [5.41, 5.74) is 4.03. The third-order valence-corrected chi connectivity index (χ3v) is 4.80. The van der Waals surface area contributed by atoms with Gasteiger partial charge in [-0.05, 0) is 62.1 Å². The number of carbonyl (C=O) groups excluding carboxylic acids is 2. The monoisotopic (exact) mass is 408 g/mol. The minimum Gasteiger partial charge on any atom is -0.376 e. The van der Waals surface area contributed by atoms with Crippen molar-refractivity contribution in [2.75, 3.05) is 23.8 Å². The van der Waals surface area contributed by atoms with Gasteiger partial charge in [0.1, 0.15) is 0 Å². The van der Waals surface area contributed by atoms with E-state index in [0.717, 1.165) is 36.3 Å². The molecule has 158 valence electrons. The third kappa shape index (κ3) is 6.15. The van der Waals surface area contributed by atoms with Crippen molar-refractivity contribution in [3.63, 3.8) is 0 Å². The molecule has 7 nitrogen and oxygen atoms in total. The summed E-state index contributed by atoms with van der Waals surface area (Å²) in [5.74, 6) is -0.136. The molecule has 2 aromatic carbocycles. The molecule has 1 fully saturated rings. The Balaban J connectivity index is 1.78. The van der Waals surface area contributed by atoms with Crippen molar-refractivity contribution in [3.8, 4) is 0 Å². The first-order valence-corrected chi connectivity index (χ1v) is 10.1. The number of nitrogens with zero attached hydrogens (tertiary/aromatic N) is 1. The fourth-order valence-electron chi connectivity index (χ4n) is 3.21. The van der Waals surface area contributed by atoms with Crippen molar-refractivity contribution in [3.05, 3.63) is 59.2 Å². The fraction of sp³-hybridized carbons (Fsp3) is 0.348. The normalized spacial score (nSPS) is 16.2. The maximum Gasteiger partial charge on any atom is 0.258 e. The summed E-state index contributed by atoms with van der Waals surface area (Å²) in [6.45, 7) is 6.66. The van der Waals surface area contributed by atoms with Crippen LogP contribution in [-0.2, 0) is 9.53 Å². The fourth-order valence-corrected chi connectivity index (χ4v) is 3.21. The zero-order chi connectivity index (χ0) is 21.5. The predicted molar refractivity (Wildman–Crippen MR) is 119 cm³/mol. The molecule has 0 aliphatic carbocycles. The van der Waals surface area contributed by atoms with E-state index in [9.17, 15) is 9.59 Å². The molecular formula is C23H28N4O3. The van der Waals surface area contributed by atoms with Gasteiger partial charge in [0, 0.05) is 30.5 Å². The average Bonchev–Trinajstić information content (AvgIpc) is 3.22. The van der Waals surface area contributed by atoms with Gasteiger partial charge in [-0.1, -0.05) is 18.2 Å². The maximum absolute atomic E-state index is 12.9. The summed E-state index contributed by atoms with van der Waals surface area (Å²) in [4.78, 5) is 28.7. The van der Waals surface area contributed by atoms with Gasteiger partial charge < -0.3 is 15.4 Å². The van der Waals surface area contributed by atoms with Gasteiger partial charge in [-0.25, -0.2) is 4.99 Å². The quantitative estimate of drug-likeness (QED) is 0.520. The van der Waals surface area contributed by atoms with E-state index >= 15 is 0 Å². The molecule has 1 heterocycles. The molecule has 0 aromatic heterocycles. The van der Waals surface area contributed by atoms with E-state index in [1.807, 2.05) is 32.0 Å². The van der Waals surface area contributed by atoms with Crippen molar-refractivity contribution in [2.45, 2.75) is 39.7 Å². The first-order chi connectivity index (χ1) is 14.4. The number of anilines is 2. The molecule has 3 rings (SSSR count). The number of rotatable bonds is 5. The Morgan fingerprint density at radius 3 is 2.70 bits per heavy atom. The number of carbonyl (C=O) groups is 2. The molecule has 1 unspecified atom stereocenters. The van der Waals surface area contributed by atoms with Crippen LogP contribution in [0.3, 0.4) is 0 Å². The standard InChI is InChI=1S/C23H28N4O3/c1-15-9-10-16(2)21(12-15)26-23(24-14-20-8-5-11-30-20)27-22(29)18-6-4-7-19(13-18)25-17(3)28/h4,6-7,9-10,12-13,20H,5,8,11,14H2,1-3H3,(H,25,28)(H2,24,26,27,29). The topological polar surface area (TPSA) is 91.8 Å². The molecule has 0 bridgehead atoms. The number of aryl methyl sites for hydroxylation is 2. The molecule has 1 aliphatic rings. The van der Waals surface area contributed by atoms with E-state index in [1.165, 1.54) is 6.92 Å². The van der Waals surface area contributed by atoms with Crippen LogP contribution in [0.2, 0.25) is 0 Å². The number of ether oxygens (including phenoxy) is 1. The highest BCUT2D eigenvalue weighted by Crippen LogP contribution is 2.17. The first kappa shape index (κ1) is 21.5. The predicted octanol–water partition coefficient (Wildman–Crippen LogP) is 3.64. The highest BCUT2D eigenvalue weighted by Gasteiger charge is 2.16. The Bertz CT molecular complexity index is 949. The summed E-state index contributed by atoms with van der Waals surface area (Å²) in [6.07, 6.45) is 2.07. The van der Waals surface area contributed by atoms with Gasteiger partial charge in [-0.3, -0.25) is 14.9 Å². The second kappa shape index (κ2) is 10.0. The Morgan fingerprint density at radius 1 is 1.13 bits per heavy atom. The van der Waals surface area contributed by atoms with Crippen molar-refractivity contribution in [1.29, 1.82) is 0 Å². The van der Waals surface area contributed by atoms with Gasteiger partial charge in [0.2, 0.25) is 11.9 Å². The summed E-state index contributed by atoms with van der Waals surface area (Å²) >= 11 is 0. The Morgan fingerprint density at radius 2 is 1.97 bits per heavy atom. The number of hydrogen-bond acceptors (Lipinski definition) is 4. The van der Waals surface area contributed by atoms with Gasteiger partial charge in [0.15, 0.2) is 0 Å². The van der Waals surface area contributed by atoms with Crippen LogP contribution < -0.4 is 16.0 Å². The second-order valence-electron chi connectivity index (χ2n) is 7.48. The molecule has 0 radical (unpaired) electrons. The molecule has 3 N–H and O–H groups in total. The van der Waals surface area contributed by atoms with Crippen LogP contribution in [0.25, 0.3) is 0 Å². The lowest BCUT2D eigenvalue weighted by atomic mass is 10.1. The first-order valence-electron chi connectivity index (χ1n) is 10.1. The van der Waals surface area contributed by atoms with Crippen LogP contribution >= 0.6 is 0 Å². The molecule has 1 aliphatic heterocycles. The van der Waals surface area contributed by atoms with Crippen LogP contribution in [0.15, 0.2) is 47.5 Å². The lowest BCUT2D eigenvalue weighted by molar-refractivity contribution is -0.114. The maximum atomic E-state index is 12.9. The zero-order valence-electron chi connectivity index (χ0n) is 17.6. The SMILES string of the molecule is CC(=O)Nc1cccc(C(=O)NC(=NCC2CCCO2)Nc2cc(C)ccc2C)c1. The highest BCUT2D eigenvalue weighted by atomic mass is 16.5. The number of guanidine groups is 1. The molecular weight excluding hydrogens is 380 g/mol. The Labute approximate surface area is 176 Å². The second-order valence-corrected chi connectivity index (χ2v) is 7.48. The number of aliphatic imine (C=N–C) groups is 1. The third-order valence-electron chi connectivity index (χ3n) is 4.80. The van der Waals surface area contributed by atoms with E-state index in [1.54, 1.807) is 24.3 Å². The summed E-state index contributed by atoms with van der Waals surface area (Å²) < 4.78 is 5.65. The van der Waals surface area contributed by atoms with Crippen LogP contribution in [0.1, 0.15) is 41.3 Å². The van der Waals surface area contributed by atoms with Gasteiger partial charge in [0.25, 0.3) is 5.91 Å². The van der Waals surface area contributed by atoms with E-state index < -0.39 is 0 Å². The van der Waals surface area contributed by atoms with E-state index in [-0.39, 0.29) is 17.9 Å². The molecule has 0 spiro atoms. The molecule has 7 heteroatoms. The minimum absolute atomic E-state index is 0.0698. The van der Waals surface area contributed by atoms with Gasteiger partial charge in [-0.2, -0.15) is 0 Å². The molecule has 2 aromatic rings. The summed E-state index contributed by atoms with van der Waals surface area (Å²) in [5, 5.41) is 8.80. The van der Waals surface area contributed by atoms with Crippen LogP contribution in [-0.4, -0.2) is 37.0 Å². The summed E-state index contributed by atoms with van der Waals surface area (Å²) in [7, 11) is 0. The molecule has 1 saturated heterocycles. The number of nitrogens with one attached hydrogen (secondary N) is 3. The molecule has 0 saturated carbocycles. The van der Waals surface area contributed by atoms with Crippen LogP contribution in [0.4, 0.5) is 11.4 Å². The summed E-state index contributed by atoms with van der Waals surface area (Å²) in [6, 6.07) is 12.9. The zero-order valence-corrected chi connectivity index (χ0v) is 17.6. The highest BCUT2D eigenvalue weighted by molar-refractivity contribution is 6.10. The Kier molecular flexibility index (Phi) is 7.19. The Hall–Kier alpha value is -3.19. The molecule has 2 amide bonds. The lowest BCUT2D eigenvalue weighted by Gasteiger charge is -2.15. The number of benzene rings is 2. The smallest absolute Gasteiger partial charge is 0.258 e. The van der Waals surface area contributed by atoms with E-state index in [0.29, 0.717) is 23.8 Å². The average molecular weight is 409 g/mol. The lowest BCUT2D eigenvalue weighted by Crippen LogP contribution is -2.37. The van der Waals surface area contributed by atoms with Gasteiger partial charge >= 0.3 is 0 Å². The van der Waals surface area contributed by atoms with Crippen LogP contribution in [0, 0.1) is 13.8 Å². The van der Waals surface area contributed by atoms with Crippen molar-refractivity contribution in [1.82, 2.24) is 5.32 Å². The van der Waals surface area contributed by atoms with Crippen molar-refractivity contribution < 1.29 is 14.3 Å². The minimum atomic E-state index is -0.314. The largest absolute Gasteiger partial charge is 0.376 e.